The van der Waals surface area contributed by atoms with Gasteiger partial charge in [-0.15, -0.1) is 0 Å². The number of amides is 1. The SMILES string of the molecule is CCC(C)CC(=O)NCCOCCOCCNSc1ccccc1. The summed E-state index contributed by atoms with van der Waals surface area (Å²) in [6.45, 7) is 7.81. The molecule has 136 valence electrons. The Bertz CT molecular complexity index is 432. The summed E-state index contributed by atoms with van der Waals surface area (Å²) in [5.41, 5.74) is 0. The summed E-state index contributed by atoms with van der Waals surface area (Å²) in [4.78, 5) is 12.7. The van der Waals surface area contributed by atoms with Crippen molar-refractivity contribution >= 4 is 17.9 Å². The number of hydrogen-bond acceptors (Lipinski definition) is 5. The Morgan fingerprint density at radius 1 is 1.08 bits per heavy atom. The molecule has 1 rings (SSSR count). The highest BCUT2D eigenvalue weighted by Crippen LogP contribution is 2.12. The van der Waals surface area contributed by atoms with E-state index in [2.05, 4.69) is 36.0 Å². The van der Waals surface area contributed by atoms with Crippen LogP contribution >= 0.6 is 11.9 Å². The number of carbonyl (C=O) groups is 1. The lowest BCUT2D eigenvalue weighted by molar-refractivity contribution is -0.122. The van der Waals surface area contributed by atoms with Crippen LogP contribution in [0.3, 0.4) is 0 Å². The van der Waals surface area contributed by atoms with Gasteiger partial charge in [0, 0.05) is 24.4 Å². The van der Waals surface area contributed by atoms with E-state index in [4.69, 9.17) is 9.47 Å². The van der Waals surface area contributed by atoms with Gasteiger partial charge < -0.3 is 14.8 Å². The van der Waals surface area contributed by atoms with Gasteiger partial charge in [-0.2, -0.15) is 0 Å². The maximum absolute atomic E-state index is 11.6. The van der Waals surface area contributed by atoms with Crippen molar-refractivity contribution in [1.29, 1.82) is 0 Å². The van der Waals surface area contributed by atoms with E-state index in [0.717, 1.165) is 13.0 Å². The number of rotatable bonds is 14. The first-order chi connectivity index (χ1) is 11.7. The Kier molecular flexibility index (Phi) is 12.5. The minimum atomic E-state index is 0.103. The molecular weight excluding hydrogens is 324 g/mol. The molecule has 0 spiro atoms. The molecule has 5 nitrogen and oxygen atoms in total. The fraction of sp³-hybridized carbons (Fsp3) is 0.611. The zero-order chi connectivity index (χ0) is 17.5. The lowest BCUT2D eigenvalue weighted by Gasteiger charge is -2.10. The van der Waals surface area contributed by atoms with Gasteiger partial charge in [-0.3, -0.25) is 9.52 Å². The van der Waals surface area contributed by atoms with Gasteiger partial charge in [0.15, 0.2) is 0 Å². The third-order valence-electron chi connectivity index (χ3n) is 3.45. The van der Waals surface area contributed by atoms with Crippen molar-refractivity contribution in [3.63, 3.8) is 0 Å². The van der Waals surface area contributed by atoms with E-state index < -0.39 is 0 Å². The second-order valence-electron chi connectivity index (χ2n) is 5.60. The molecule has 0 aliphatic carbocycles. The fourth-order valence-corrected chi connectivity index (χ4v) is 2.50. The molecule has 0 aliphatic rings. The molecule has 0 fully saturated rings. The Hall–Kier alpha value is -1.08. The summed E-state index contributed by atoms with van der Waals surface area (Å²) in [5.74, 6) is 0.541. The number of hydrogen-bond donors (Lipinski definition) is 2. The Morgan fingerprint density at radius 3 is 2.42 bits per heavy atom. The van der Waals surface area contributed by atoms with Gasteiger partial charge in [-0.25, -0.2) is 0 Å². The summed E-state index contributed by atoms with van der Waals surface area (Å²) < 4.78 is 14.2. The highest BCUT2D eigenvalue weighted by molar-refractivity contribution is 7.97. The third-order valence-corrected chi connectivity index (χ3v) is 4.31. The molecule has 6 heteroatoms. The van der Waals surface area contributed by atoms with Crippen LogP contribution in [0.5, 0.6) is 0 Å². The molecule has 24 heavy (non-hydrogen) atoms. The van der Waals surface area contributed by atoms with Gasteiger partial charge >= 0.3 is 0 Å². The maximum atomic E-state index is 11.6. The normalized spacial score (nSPS) is 12.1. The second-order valence-corrected chi connectivity index (χ2v) is 6.57. The number of benzene rings is 1. The molecule has 1 unspecified atom stereocenters. The van der Waals surface area contributed by atoms with Crippen LogP contribution in [0.2, 0.25) is 0 Å². The summed E-state index contributed by atoms with van der Waals surface area (Å²) in [6.07, 6.45) is 1.62. The quantitative estimate of drug-likeness (QED) is 0.397. The smallest absolute Gasteiger partial charge is 0.220 e. The summed E-state index contributed by atoms with van der Waals surface area (Å²) >= 11 is 1.60. The van der Waals surface area contributed by atoms with E-state index in [1.54, 1.807) is 11.9 Å². The Balaban J connectivity index is 1.81. The van der Waals surface area contributed by atoms with Crippen LogP contribution in [0.15, 0.2) is 35.2 Å². The molecule has 0 aromatic heterocycles. The monoisotopic (exact) mass is 354 g/mol. The van der Waals surface area contributed by atoms with Crippen LogP contribution in [-0.2, 0) is 14.3 Å². The molecule has 1 atom stereocenters. The van der Waals surface area contributed by atoms with E-state index in [1.807, 2.05) is 18.2 Å². The summed E-state index contributed by atoms with van der Waals surface area (Å²) in [5, 5.41) is 2.86. The topological polar surface area (TPSA) is 59.6 Å². The predicted molar refractivity (Wildman–Crippen MR) is 99.0 cm³/mol. The predicted octanol–water partition coefficient (Wildman–Crippen LogP) is 2.87. The van der Waals surface area contributed by atoms with Crippen molar-refractivity contribution in [2.75, 3.05) is 39.5 Å². The zero-order valence-corrected chi connectivity index (χ0v) is 15.6. The van der Waals surface area contributed by atoms with Crippen LogP contribution in [-0.4, -0.2) is 45.4 Å². The van der Waals surface area contributed by atoms with E-state index in [9.17, 15) is 4.79 Å². The van der Waals surface area contributed by atoms with Gasteiger partial charge in [0.1, 0.15) is 0 Å². The van der Waals surface area contributed by atoms with Crippen LogP contribution in [0, 0.1) is 5.92 Å². The first kappa shape index (κ1) is 21.0. The molecule has 0 aliphatic heterocycles. The maximum Gasteiger partial charge on any atom is 0.220 e. The van der Waals surface area contributed by atoms with Crippen LogP contribution in [0.4, 0.5) is 0 Å². The van der Waals surface area contributed by atoms with E-state index in [0.29, 0.717) is 45.3 Å². The van der Waals surface area contributed by atoms with Crippen molar-refractivity contribution in [2.24, 2.45) is 5.92 Å². The number of carbonyl (C=O) groups excluding carboxylic acids is 1. The average molecular weight is 355 g/mol. The highest BCUT2D eigenvalue weighted by Gasteiger charge is 2.05. The summed E-state index contributed by atoms with van der Waals surface area (Å²) in [7, 11) is 0. The van der Waals surface area contributed by atoms with Crippen molar-refractivity contribution in [1.82, 2.24) is 10.0 Å². The molecule has 0 heterocycles. The zero-order valence-electron chi connectivity index (χ0n) is 14.8. The van der Waals surface area contributed by atoms with E-state index >= 15 is 0 Å². The molecular formula is C18H30N2O3S. The average Bonchev–Trinajstić information content (AvgIpc) is 2.60. The molecule has 0 bridgehead atoms. The lowest BCUT2D eigenvalue weighted by atomic mass is 10.1. The molecule has 1 aromatic rings. The summed E-state index contributed by atoms with van der Waals surface area (Å²) in [6, 6.07) is 10.2. The van der Waals surface area contributed by atoms with E-state index in [1.165, 1.54) is 4.90 Å². The fourth-order valence-electron chi connectivity index (χ4n) is 1.85. The van der Waals surface area contributed by atoms with Crippen LogP contribution in [0.25, 0.3) is 0 Å². The minimum absolute atomic E-state index is 0.103. The standard InChI is InChI=1S/C18H30N2O3S/c1-3-16(2)15-18(21)19-9-11-22-13-14-23-12-10-20-24-17-7-5-4-6-8-17/h4-8,16,20H,3,9-15H2,1-2H3,(H,19,21). The van der Waals surface area contributed by atoms with Gasteiger partial charge in [-0.1, -0.05) is 38.5 Å². The Morgan fingerprint density at radius 2 is 1.75 bits per heavy atom. The first-order valence-electron chi connectivity index (χ1n) is 8.59. The van der Waals surface area contributed by atoms with E-state index in [-0.39, 0.29) is 5.91 Å². The lowest BCUT2D eigenvalue weighted by Crippen LogP contribution is -2.28. The molecule has 1 aromatic carbocycles. The van der Waals surface area contributed by atoms with Crippen LogP contribution in [0.1, 0.15) is 26.7 Å². The second kappa shape index (κ2) is 14.3. The van der Waals surface area contributed by atoms with Crippen molar-refractivity contribution in [3.8, 4) is 0 Å². The Labute approximate surface area is 150 Å². The molecule has 0 saturated heterocycles. The van der Waals surface area contributed by atoms with Gasteiger partial charge in [0.25, 0.3) is 0 Å². The number of nitrogens with one attached hydrogen (secondary N) is 2. The largest absolute Gasteiger partial charge is 0.378 e. The molecule has 0 radical (unpaired) electrons. The van der Waals surface area contributed by atoms with Crippen molar-refractivity contribution in [2.45, 2.75) is 31.6 Å². The highest BCUT2D eigenvalue weighted by atomic mass is 32.2. The van der Waals surface area contributed by atoms with Gasteiger partial charge in [0.05, 0.1) is 26.4 Å². The van der Waals surface area contributed by atoms with Crippen LogP contribution < -0.4 is 10.0 Å². The van der Waals surface area contributed by atoms with Crippen molar-refractivity contribution in [3.05, 3.63) is 30.3 Å². The van der Waals surface area contributed by atoms with Gasteiger partial charge in [-0.05, 0) is 30.0 Å². The number of ether oxygens (including phenoxy) is 2. The van der Waals surface area contributed by atoms with Gasteiger partial charge in [0.2, 0.25) is 5.91 Å². The van der Waals surface area contributed by atoms with Crippen molar-refractivity contribution < 1.29 is 14.3 Å². The minimum Gasteiger partial charge on any atom is -0.378 e. The molecule has 0 saturated carbocycles. The molecule has 2 N–H and O–H groups in total. The molecule has 1 amide bonds. The first-order valence-corrected chi connectivity index (χ1v) is 9.41. The third kappa shape index (κ3) is 11.5.